The van der Waals surface area contributed by atoms with Gasteiger partial charge in [-0.15, -0.1) is 0 Å². The van der Waals surface area contributed by atoms with E-state index >= 15 is 0 Å². The first kappa shape index (κ1) is 11.9. The fourth-order valence-corrected chi connectivity index (χ4v) is 2.25. The summed E-state index contributed by atoms with van der Waals surface area (Å²) < 4.78 is 9.98. The number of carbonyl (C=O) groups excluding carboxylic acids is 1. The van der Waals surface area contributed by atoms with Gasteiger partial charge in [-0.05, 0) is 36.6 Å². The summed E-state index contributed by atoms with van der Waals surface area (Å²) in [4.78, 5) is 11.5. The lowest BCUT2D eigenvalue weighted by atomic mass is 9.91. The number of carbonyl (C=O) groups is 1. The van der Waals surface area contributed by atoms with Gasteiger partial charge in [-0.25, -0.2) is 0 Å². The van der Waals surface area contributed by atoms with Crippen LogP contribution in [0.15, 0.2) is 18.2 Å². The minimum atomic E-state index is -0.254. The molecule has 1 N–H and O–H groups in total. The molecular weight excluding hydrogens is 218 g/mol. The van der Waals surface area contributed by atoms with Gasteiger partial charge in [0.1, 0.15) is 11.8 Å². The van der Waals surface area contributed by atoms with E-state index in [-0.39, 0.29) is 18.1 Å². The summed E-state index contributed by atoms with van der Waals surface area (Å²) >= 11 is 0. The Morgan fingerprint density at radius 1 is 1.41 bits per heavy atom. The van der Waals surface area contributed by atoms with Gasteiger partial charge in [-0.2, -0.15) is 0 Å². The van der Waals surface area contributed by atoms with Crippen LogP contribution in [0.3, 0.4) is 0 Å². The number of nitrogens with one attached hydrogen (secondary N) is 1. The minimum Gasteiger partial charge on any atom is -0.497 e. The molecule has 1 heterocycles. The summed E-state index contributed by atoms with van der Waals surface area (Å²) in [7, 11) is 3.07. The van der Waals surface area contributed by atoms with E-state index in [4.69, 9.17) is 9.47 Å². The van der Waals surface area contributed by atoms with Crippen molar-refractivity contribution in [3.8, 4) is 5.75 Å². The number of hydrogen-bond donors (Lipinski definition) is 1. The van der Waals surface area contributed by atoms with Gasteiger partial charge < -0.3 is 9.47 Å². The fourth-order valence-electron chi connectivity index (χ4n) is 2.25. The molecule has 1 aliphatic rings. The van der Waals surface area contributed by atoms with Crippen molar-refractivity contribution in [2.75, 3.05) is 14.2 Å². The Kier molecular flexibility index (Phi) is 3.33. The number of fused-ring (bicyclic) bond motifs is 1. The van der Waals surface area contributed by atoms with Crippen molar-refractivity contribution < 1.29 is 14.3 Å². The zero-order chi connectivity index (χ0) is 12.4. The molecule has 0 saturated carbocycles. The summed E-state index contributed by atoms with van der Waals surface area (Å²) in [6.07, 6.45) is 0.663. The van der Waals surface area contributed by atoms with Gasteiger partial charge in [0.2, 0.25) is 0 Å². The van der Waals surface area contributed by atoms with Crippen LogP contribution in [0.4, 0.5) is 0 Å². The molecule has 0 spiro atoms. The van der Waals surface area contributed by atoms with Gasteiger partial charge in [-0.1, -0.05) is 6.07 Å². The highest BCUT2D eigenvalue weighted by molar-refractivity contribution is 5.76. The molecule has 0 radical (unpaired) electrons. The summed E-state index contributed by atoms with van der Waals surface area (Å²) in [5.74, 6) is 0.632. The molecule has 1 aliphatic heterocycles. The highest BCUT2D eigenvalue weighted by Crippen LogP contribution is 2.28. The van der Waals surface area contributed by atoms with Crippen LogP contribution < -0.4 is 10.1 Å². The highest BCUT2D eigenvalue weighted by atomic mass is 16.5. The van der Waals surface area contributed by atoms with Crippen LogP contribution in [0.1, 0.15) is 24.1 Å². The Morgan fingerprint density at radius 2 is 2.18 bits per heavy atom. The third kappa shape index (κ3) is 2.26. The van der Waals surface area contributed by atoms with E-state index in [1.807, 2.05) is 25.1 Å². The number of ether oxygens (including phenoxy) is 2. The normalized spacial score (nSPS) is 22.8. The van der Waals surface area contributed by atoms with E-state index in [9.17, 15) is 4.79 Å². The quantitative estimate of drug-likeness (QED) is 0.788. The first-order valence-corrected chi connectivity index (χ1v) is 5.66. The first-order valence-electron chi connectivity index (χ1n) is 5.66. The van der Waals surface area contributed by atoms with Gasteiger partial charge in [0.25, 0.3) is 0 Å². The van der Waals surface area contributed by atoms with Crippen molar-refractivity contribution in [1.82, 2.24) is 5.32 Å². The van der Waals surface area contributed by atoms with Crippen LogP contribution in [0, 0.1) is 0 Å². The number of benzene rings is 1. The van der Waals surface area contributed by atoms with E-state index in [0.29, 0.717) is 6.42 Å². The third-order valence-electron chi connectivity index (χ3n) is 3.18. The number of methoxy groups -OCH3 is 2. The van der Waals surface area contributed by atoms with Crippen LogP contribution in [-0.4, -0.2) is 26.2 Å². The summed E-state index contributed by atoms with van der Waals surface area (Å²) in [6, 6.07) is 5.82. The minimum absolute atomic E-state index is 0.123. The van der Waals surface area contributed by atoms with Gasteiger partial charge >= 0.3 is 5.97 Å². The monoisotopic (exact) mass is 235 g/mol. The predicted molar refractivity (Wildman–Crippen MR) is 64.1 cm³/mol. The average molecular weight is 235 g/mol. The maximum atomic E-state index is 11.5. The Labute approximate surface area is 101 Å². The van der Waals surface area contributed by atoms with E-state index in [0.717, 1.165) is 5.75 Å². The molecule has 2 atom stereocenters. The van der Waals surface area contributed by atoms with E-state index in [1.165, 1.54) is 18.2 Å². The molecule has 0 amide bonds. The van der Waals surface area contributed by atoms with Crippen LogP contribution >= 0.6 is 0 Å². The maximum absolute atomic E-state index is 11.5. The number of hydrogen-bond acceptors (Lipinski definition) is 4. The molecule has 17 heavy (non-hydrogen) atoms. The van der Waals surface area contributed by atoms with Crippen LogP contribution in [0.2, 0.25) is 0 Å². The van der Waals surface area contributed by atoms with Crippen molar-refractivity contribution >= 4 is 5.97 Å². The van der Waals surface area contributed by atoms with Gasteiger partial charge in [0.15, 0.2) is 0 Å². The largest absolute Gasteiger partial charge is 0.497 e. The second kappa shape index (κ2) is 4.75. The molecular formula is C13H17NO3. The molecule has 2 unspecified atom stereocenters. The lowest BCUT2D eigenvalue weighted by Gasteiger charge is -2.29. The molecule has 0 fully saturated rings. The Hall–Kier alpha value is -1.55. The standard InChI is InChI=1S/C13H17NO3/c1-8-11-7-10(16-2)5-4-9(11)6-12(14-8)13(15)17-3/h4-5,7-8,12,14H,6H2,1-3H3. The van der Waals surface area contributed by atoms with Crippen LogP contribution in [-0.2, 0) is 16.0 Å². The van der Waals surface area contributed by atoms with Crippen molar-refractivity contribution in [1.29, 1.82) is 0 Å². The second-order valence-corrected chi connectivity index (χ2v) is 4.23. The molecule has 1 aromatic carbocycles. The fraction of sp³-hybridized carbons (Fsp3) is 0.462. The van der Waals surface area contributed by atoms with Crippen molar-refractivity contribution in [3.63, 3.8) is 0 Å². The molecule has 1 aromatic rings. The van der Waals surface area contributed by atoms with Gasteiger partial charge in [0.05, 0.1) is 14.2 Å². The van der Waals surface area contributed by atoms with Crippen LogP contribution in [0.5, 0.6) is 5.75 Å². The van der Waals surface area contributed by atoms with Crippen LogP contribution in [0.25, 0.3) is 0 Å². The zero-order valence-corrected chi connectivity index (χ0v) is 10.3. The molecule has 0 saturated heterocycles. The Balaban J connectivity index is 2.28. The number of esters is 1. The first-order chi connectivity index (χ1) is 8.15. The maximum Gasteiger partial charge on any atom is 0.323 e. The SMILES string of the molecule is COC(=O)C1Cc2ccc(OC)cc2C(C)N1. The van der Waals surface area contributed by atoms with E-state index < -0.39 is 0 Å². The van der Waals surface area contributed by atoms with Gasteiger partial charge in [-0.3, -0.25) is 10.1 Å². The van der Waals surface area contributed by atoms with E-state index in [2.05, 4.69) is 5.32 Å². The van der Waals surface area contributed by atoms with Gasteiger partial charge in [0, 0.05) is 6.04 Å². The van der Waals surface area contributed by atoms with Crippen molar-refractivity contribution in [2.24, 2.45) is 0 Å². The Bertz CT molecular complexity index is 431. The molecule has 4 nitrogen and oxygen atoms in total. The molecule has 2 rings (SSSR count). The van der Waals surface area contributed by atoms with E-state index in [1.54, 1.807) is 7.11 Å². The lowest BCUT2D eigenvalue weighted by molar-refractivity contribution is -0.143. The average Bonchev–Trinajstić information content (AvgIpc) is 2.37. The number of rotatable bonds is 2. The van der Waals surface area contributed by atoms with Crippen molar-refractivity contribution in [2.45, 2.75) is 25.4 Å². The zero-order valence-electron chi connectivity index (χ0n) is 10.3. The molecule has 0 aromatic heterocycles. The molecule has 0 aliphatic carbocycles. The summed E-state index contributed by atoms with van der Waals surface area (Å²) in [5, 5.41) is 3.24. The summed E-state index contributed by atoms with van der Waals surface area (Å²) in [5.41, 5.74) is 2.36. The second-order valence-electron chi connectivity index (χ2n) is 4.23. The Morgan fingerprint density at radius 3 is 2.82 bits per heavy atom. The molecule has 4 heteroatoms. The predicted octanol–water partition coefficient (Wildman–Crippen LogP) is 1.44. The molecule has 92 valence electrons. The highest BCUT2D eigenvalue weighted by Gasteiger charge is 2.28. The van der Waals surface area contributed by atoms with Crippen molar-refractivity contribution in [3.05, 3.63) is 29.3 Å². The summed E-state index contributed by atoms with van der Waals surface area (Å²) in [6.45, 7) is 2.04. The smallest absolute Gasteiger partial charge is 0.323 e. The topological polar surface area (TPSA) is 47.6 Å². The lowest BCUT2D eigenvalue weighted by Crippen LogP contribution is -2.44. The third-order valence-corrected chi connectivity index (χ3v) is 3.18. The molecule has 0 bridgehead atoms.